The number of nitrogens with one attached hydrogen (secondary N) is 2. The third-order valence-electron chi connectivity index (χ3n) is 5.45. The first kappa shape index (κ1) is 31.4. The Morgan fingerprint density at radius 2 is 1.66 bits per heavy atom. The van der Waals surface area contributed by atoms with Crippen LogP contribution in [0.25, 0.3) is 0 Å². The van der Waals surface area contributed by atoms with Crippen molar-refractivity contribution in [3.8, 4) is 11.6 Å². The molecule has 0 radical (unpaired) electrons. The summed E-state index contributed by atoms with van der Waals surface area (Å²) in [6.07, 6.45) is 0.243. The van der Waals surface area contributed by atoms with Crippen molar-refractivity contribution in [3.05, 3.63) is 66.0 Å². The van der Waals surface area contributed by atoms with E-state index in [4.69, 9.17) is 30.5 Å². The third kappa shape index (κ3) is 8.69. The molecule has 1 heterocycles. The molecule has 14 heteroatoms. The van der Waals surface area contributed by atoms with Crippen molar-refractivity contribution >= 4 is 45.2 Å². The lowest BCUT2D eigenvalue weighted by Crippen LogP contribution is -2.20. The van der Waals surface area contributed by atoms with Crippen LogP contribution in [0.1, 0.15) is 43.6 Å². The van der Waals surface area contributed by atoms with Crippen LogP contribution in [0.3, 0.4) is 0 Å². The van der Waals surface area contributed by atoms with E-state index >= 15 is 0 Å². The Morgan fingerprint density at radius 1 is 0.951 bits per heavy atom. The van der Waals surface area contributed by atoms with Gasteiger partial charge in [-0.2, -0.15) is 4.98 Å². The Kier molecular flexibility index (Phi) is 10.7. The number of alkyl halides is 1. The van der Waals surface area contributed by atoms with Gasteiger partial charge >= 0.3 is 12.1 Å². The fourth-order valence-corrected chi connectivity index (χ4v) is 4.56. The van der Waals surface area contributed by atoms with Crippen molar-refractivity contribution in [3.63, 3.8) is 0 Å². The van der Waals surface area contributed by atoms with E-state index in [0.717, 1.165) is 11.9 Å². The minimum Gasteiger partial charge on any atom is -0.471 e. The highest BCUT2D eigenvalue weighted by Gasteiger charge is 2.23. The van der Waals surface area contributed by atoms with Gasteiger partial charge in [-0.15, -0.1) is 0 Å². The van der Waals surface area contributed by atoms with Gasteiger partial charge in [0.05, 0.1) is 22.8 Å². The summed E-state index contributed by atoms with van der Waals surface area (Å²) in [4.78, 5) is 32.3. The van der Waals surface area contributed by atoms with Gasteiger partial charge in [0, 0.05) is 0 Å². The summed E-state index contributed by atoms with van der Waals surface area (Å²) in [5.41, 5.74) is 1.22. The lowest BCUT2D eigenvalue weighted by atomic mass is 9.87. The van der Waals surface area contributed by atoms with Crippen molar-refractivity contribution in [1.29, 1.82) is 0 Å². The largest absolute Gasteiger partial charge is 0.471 e. The van der Waals surface area contributed by atoms with E-state index in [2.05, 4.69) is 20.0 Å². The van der Waals surface area contributed by atoms with Gasteiger partial charge in [0.1, 0.15) is 19.5 Å². The molecule has 0 saturated heterocycles. The van der Waals surface area contributed by atoms with E-state index in [9.17, 15) is 18.0 Å². The number of benzene rings is 2. The molecule has 0 aliphatic heterocycles. The number of carbonyl (C=O) groups is 2. The molecule has 0 atom stereocenters. The van der Waals surface area contributed by atoms with Crippen molar-refractivity contribution in [2.24, 2.45) is 0 Å². The number of hydrogen-bond acceptors (Lipinski definition) is 10. The molecule has 1 amide bonds. The van der Waals surface area contributed by atoms with Gasteiger partial charge in [-0.25, -0.2) is 23.0 Å². The average Bonchev–Trinajstić information content (AvgIpc) is 2.92. The Balaban J connectivity index is 1.64. The minimum atomic E-state index is -4.04. The first-order valence-corrected chi connectivity index (χ1v) is 14.5. The summed E-state index contributed by atoms with van der Waals surface area (Å²) in [7, 11) is -4.04. The zero-order valence-corrected chi connectivity index (χ0v) is 24.5. The maximum absolute atomic E-state index is 13.0. The van der Waals surface area contributed by atoms with Crippen LogP contribution in [0.5, 0.6) is 11.6 Å². The van der Waals surface area contributed by atoms with E-state index in [1.54, 1.807) is 31.2 Å². The van der Waals surface area contributed by atoms with Crippen LogP contribution >= 0.6 is 11.6 Å². The summed E-state index contributed by atoms with van der Waals surface area (Å²) < 4.78 is 49.4. The molecule has 0 aliphatic carbocycles. The van der Waals surface area contributed by atoms with Crippen molar-refractivity contribution < 1.29 is 37.0 Å². The van der Waals surface area contributed by atoms with Gasteiger partial charge in [0.15, 0.2) is 11.9 Å². The molecule has 41 heavy (non-hydrogen) atoms. The number of amides is 1. The third-order valence-corrected chi connectivity index (χ3v) is 6.91. The molecule has 0 aliphatic rings. The zero-order chi connectivity index (χ0) is 30.0. The highest BCUT2D eigenvalue weighted by atomic mass is 35.5. The maximum atomic E-state index is 13.0. The van der Waals surface area contributed by atoms with E-state index in [1.807, 2.05) is 20.8 Å². The van der Waals surface area contributed by atoms with Gasteiger partial charge in [0.25, 0.3) is 15.9 Å². The predicted octanol–water partition coefficient (Wildman–Crippen LogP) is 4.95. The smallest absolute Gasteiger partial charge is 0.411 e. The Labute approximate surface area is 243 Å². The van der Waals surface area contributed by atoms with Crippen LogP contribution in [0.2, 0.25) is 0 Å². The molecule has 3 rings (SSSR count). The van der Waals surface area contributed by atoms with Gasteiger partial charge in [-0.3, -0.25) is 10.0 Å². The standard InChI is InChI=1S/C27H31ClN4O8S/c1-5-37-25(33)20-8-6-7-9-21(20)31-26(34)39-15-14-38-24-22(40-16-28)23(29-17-30-24)32-41(35,36)19-12-10-18(11-13-19)27(2,3)4/h6-13,17H,5,14-16H2,1-4H3,(H,31,34)(H,29,30,32). The molecule has 0 saturated carbocycles. The highest BCUT2D eigenvalue weighted by Crippen LogP contribution is 2.33. The summed E-state index contributed by atoms with van der Waals surface area (Å²) in [5, 5.41) is 2.48. The van der Waals surface area contributed by atoms with Crippen LogP contribution in [0.15, 0.2) is 59.8 Å². The molecule has 0 unspecified atom stereocenters. The van der Waals surface area contributed by atoms with Crippen molar-refractivity contribution in [2.45, 2.75) is 38.0 Å². The number of para-hydroxylation sites is 1. The lowest BCUT2D eigenvalue weighted by Gasteiger charge is -2.19. The van der Waals surface area contributed by atoms with Crippen LogP contribution in [-0.2, 0) is 24.9 Å². The summed E-state index contributed by atoms with van der Waals surface area (Å²) >= 11 is 5.74. The Hall–Kier alpha value is -4.10. The van der Waals surface area contributed by atoms with E-state index in [-0.39, 0.29) is 64.9 Å². The molecule has 2 aromatic carbocycles. The predicted molar refractivity (Wildman–Crippen MR) is 152 cm³/mol. The van der Waals surface area contributed by atoms with E-state index in [0.29, 0.717) is 0 Å². The summed E-state index contributed by atoms with van der Waals surface area (Å²) in [6.45, 7) is 7.52. The number of nitrogens with zero attached hydrogens (tertiary/aromatic N) is 2. The van der Waals surface area contributed by atoms with E-state index in [1.165, 1.54) is 24.3 Å². The van der Waals surface area contributed by atoms with Crippen molar-refractivity contribution in [1.82, 2.24) is 9.97 Å². The number of aromatic nitrogens is 2. The number of esters is 1. The maximum Gasteiger partial charge on any atom is 0.411 e. The fourth-order valence-electron chi connectivity index (χ4n) is 3.44. The number of halogens is 1. The first-order chi connectivity index (χ1) is 19.5. The first-order valence-electron chi connectivity index (χ1n) is 12.5. The van der Waals surface area contributed by atoms with Gasteiger partial charge in [0.2, 0.25) is 5.75 Å². The van der Waals surface area contributed by atoms with Gasteiger partial charge in [-0.05, 0) is 42.2 Å². The molecule has 220 valence electrons. The number of rotatable bonds is 12. The number of hydrogen-bond donors (Lipinski definition) is 2. The molecule has 12 nitrogen and oxygen atoms in total. The average molecular weight is 607 g/mol. The number of ether oxygens (including phenoxy) is 4. The quantitative estimate of drug-likeness (QED) is 0.164. The monoisotopic (exact) mass is 606 g/mol. The minimum absolute atomic E-state index is 0.0207. The molecule has 0 spiro atoms. The number of carbonyl (C=O) groups excluding carboxylic acids is 2. The topological polar surface area (TPSA) is 155 Å². The normalized spacial score (nSPS) is 11.3. The van der Waals surface area contributed by atoms with Crippen LogP contribution in [0, 0.1) is 0 Å². The second-order valence-corrected chi connectivity index (χ2v) is 11.3. The Bertz CT molecular complexity index is 1460. The lowest BCUT2D eigenvalue weighted by molar-refractivity contribution is 0.0527. The van der Waals surface area contributed by atoms with E-state index < -0.39 is 22.1 Å². The number of anilines is 2. The summed E-state index contributed by atoms with van der Waals surface area (Å²) in [6, 6.07) is 12.4. The SMILES string of the molecule is CCOC(=O)c1ccccc1NC(=O)OCCOc1ncnc(NS(=O)(=O)c2ccc(C(C)(C)C)cc2)c1OCCl. The molecule has 2 N–H and O–H groups in total. The Morgan fingerprint density at radius 3 is 2.32 bits per heavy atom. The highest BCUT2D eigenvalue weighted by molar-refractivity contribution is 7.92. The second kappa shape index (κ2) is 14.0. The second-order valence-electron chi connectivity index (χ2n) is 9.37. The molecular weight excluding hydrogens is 576 g/mol. The number of sulfonamides is 1. The van der Waals surface area contributed by atoms with Crippen LogP contribution in [0.4, 0.5) is 16.3 Å². The van der Waals surface area contributed by atoms with Crippen molar-refractivity contribution in [2.75, 3.05) is 35.9 Å². The molecule has 0 bridgehead atoms. The molecule has 3 aromatic rings. The molecular formula is C27H31ClN4O8S. The summed E-state index contributed by atoms with van der Waals surface area (Å²) in [5.74, 6) is -1.05. The molecule has 1 aromatic heterocycles. The van der Waals surface area contributed by atoms with Gasteiger partial charge in [-0.1, -0.05) is 56.6 Å². The molecule has 0 fully saturated rings. The van der Waals surface area contributed by atoms with Gasteiger partial charge < -0.3 is 18.9 Å². The van der Waals surface area contributed by atoms with Crippen LogP contribution < -0.4 is 19.5 Å². The fraction of sp³-hybridized carbons (Fsp3) is 0.333. The van der Waals surface area contributed by atoms with Crippen LogP contribution in [-0.4, -0.2) is 56.3 Å². The zero-order valence-electron chi connectivity index (χ0n) is 23.0.